The van der Waals surface area contributed by atoms with Crippen LogP contribution >= 0.6 is 12.6 Å². The Morgan fingerprint density at radius 3 is 2.08 bits per heavy atom. The summed E-state index contributed by atoms with van der Waals surface area (Å²) in [4.78, 5) is 0.891. The molecule has 0 amide bonds. The van der Waals surface area contributed by atoms with Gasteiger partial charge in [0.05, 0.1) is 12.4 Å². The van der Waals surface area contributed by atoms with Gasteiger partial charge in [0.15, 0.2) is 0 Å². The van der Waals surface area contributed by atoms with E-state index in [1.165, 1.54) is 16.2 Å². The lowest BCUT2D eigenvalue weighted by molar-refractivity contribution is 1.26. The van der Waals surface area contributed by atoms with Crippen molar-refractivity contribution in [2.75, 3.05) is 0 Å². The number of hydrogen-bond acceptors (Lipinski definition) is 3. The van der Waals surface area contributed by atoms with Crippen molar-refractivity contribution in [1.82, 2.24) is 0 Å². The predicted molar refractivity (Wildman–Crippen MR) is 110 cm³/mol. The molecular formula is C22H16N2S. The lowest BCUT2D eigenvalue weighted by Crippen LogP contribution is -1.87. The topological polar surface area (TPSA) is 24.7 Å². The number of rotatable bonds is 3. The van der Waals surface area contributed by atoms with Gasteiger partial charge in [-0.05, 0) is 27.6 Å². The molecule has 0 atom stereocenters. The fourth-order valence-electron chi connectivity index (χ4n) is 2.97. The first kappa shape index (κ1) is 15.6. The average molecular weight is 340 g/mol. The zero-order valence-corrected chi connectivity index (χ0v) is 14.4. The van der Waals surface area contributed by atoms with Crippen LogP contribution in [0.2, 0.25) is 0 Å². The Bertz CT molecular complexity index is 1110. The second-order valence-electron chi connectivity index (χ2n) is 5.78. The van der Waals surface area contributed by atoms with E-state index in [1.807, 2.05) is 42.5 Å². The maximum atomic E-state index is 4.55. The van der Waals surface area contributed by atoms with Crippen molar-refractivity contribution in [2.45, 2.75) is 4.90 Å². The first-order valence-electron chi connectivity index (χ1n) is 8.08. The highest BCUT2D eigenvalue weighted by molar-refractivity contribution is 7.80. The number of thiol groups is 1. The van der Waals surface area contributed by atoms with E-state index in [-0.39, 0.29) is 0 Å². The van der Waals surface area contributed by atoms with Crippen LogP contribution in [0.3, 0.4) is 0 Å². The van der Waals surface area contributed by atoms with Crippen LogP contribution in [0.4, 0.5) is 0 Å². The number of hydrogen-bond donors (Lipinski definition) is 1. The van der Waals surface area contributed by atoms with Crippen LogP contribution in [-0.4, -0.2) is 12.4 Å². The van der Waals surface area contributed by atoms with E-state index in [2.05, 4.69) is 59.2 Å². The van der Waals surface area contributed by atoms with Gasteiger partial charge >= 0.3 is 0 Å². The van der Waals surface area contributed by atoms with Gasteiger partial charge < -0.3 is 0 Å². The molecule has 0 N–H and O–H groups in total. The molecule has 4 rings (SSSR count). The lowest BCUT2D eigenvalue weighted by atomic mass is 10.1. The Morgan fingerprint density at radius 2 is 1.24 bits per heavy atom. The minimum atomic E-state index is 0.891. The summed E-state index contributed by atoms with van der Waals surface area (Å²) in [5.41, 5.74) is 2.04. The van der Waals surface area contributed by atoms with Crippen LogP contribution in [-0.2, 0) is 0 Å². The average Bonchev–Trinajstić information content (AvgIpc) is 2.66. The Labute approximate surface area is 151 Å². The molecule has 0 unspecified atom stereocenters. The van der Waals surface area contributed by atoms with Crippen molar-refractivity contribution in [3.8, 4) is 0 Å². The fraction of sp³-hybridized carbons (Fsp3) is 0. The highest BCUT2D eigenvalue weighted by Gasteiger charge is 2.02. The molecule has 4 aromatic rings. The van der Waals surface area contributed by atoms with E-state index in [4.69, 9.17) is 0 Å². The van der Waals surface area contributed by atoms with E-state index in [9.17, 15) is 0 Å². The van der Waals surface area contributed by atoms with Gasteiger partial charge in [-0.3, -0.25) is 0 Å². The molecule has 0 aliphatic carbocycles. The molecule has 0 bridgehead atoms. The van der Waals surface area contributed by atoms with Gasteiger partial charge in [0.2, 0.25) is 0 Å². The Morgan fingerprint density at radius 1 is 0.600 bits per heavy atom. The van der Waals surface area contributed by atoms with Gasteiger partial charge in [-0.25, -0.2) is 0 Å². The van der Waals surface area contributed by atoms with Crippen molar-refractivity contribution < 1.29 is 0 Å². The smallest absolute Gasteiger partial charge is 0.0585 e. The third-order valence-corrected chi connectivity index (χ3v) is 4.61. The van der Waals surface area contributed by atoms with Crippen molar-refractivity contribution in [3.63, 3.8) is 0 Å². The monoisotopic (exact) mass is 340 g/mol. The molecule has 0 aliphatic rings. The van der Waals surface area contributed by atoms with Crippen molar-refractivity contribution in [2.24, 2.45) is 10.2 Å². The van der Waals surface area contributed by atoms with Crippen LogP contribution in [0.5, 0.6) is 0 Å². The minimum absolute atomic E-state index is 0.891. The van der Waals surface area contributed by atoms with Crippen molar-refractivity contribution >= 4 is 46.6 Å². The molecular weight excluding hydrogens is 324 g/mol. The molecule has 4 aromatic carbocycles. The van der Waals surface area contributed by atoms with E-state index in [0.717, 1.165) is 21.4 Å². The lowest BCUT2D eigenvalue weighted by Gasteiger charge is -2.04. The van der Waals surface area contributed by atoms with E-state index >= 15 is 0 Å². The Balaban J connectivity index is 1.67. The molecule has 0 radical (unpaired) electrons. The van der Waals surface area contributed by atoms with E-state index in [1.54, 1.807) is 12.4 Å². The summed E-state index contributed by atoms with van der Waals surface area (Å²) in [5.74, 6) is 0. The zero-order chi connectivity index (χ0) is 17.1. The predicted octanol–water partition coefficient (Wildman–Crippen LogP) is 5.73. The maximum Gasteiger partial charge on any atom is 0.0585 e. The summed E-state index contributed by atoms with van der Waals surface area (Å²) in [6.45, 7) is 0. The molecule has 0 aromatic heterocycles. The SMILES string of the molecule is Sc1ccc2ccccc2c1C=NN=Cc1cccc2ccccc12. The van der Waals surface area contributed by atoms with Gasteiger partial charge in [0.1, 0.15) is 0 Å². The second-order valence-corrected chi connectivity index (χ2v) is 6.26. The summed E-state index contributed by atoms with van der Waals surface area (Å²) in [6.07, 6.45) is 3.56. The van der Waals surface area contributed by atoms with Crippen LogP contribution in [0.15, 0.2) is 94.0 Å². The van der Waals surface area contributed by atoms with E-state index in [0.29, 0.717) is 0 Å². The summed E-state index contributed by atoms with van der Waals surface area (Å²) < 4.78 is 0. The van der Waals surface area contributed by atoms with Gasteiger partial charge in [0, 0.05) is 16.0 Å². The van der Waals surface area contributed by atoms with Crippen LogP contribution < -0.4 is 0 Å². The maximum absolute atomic E-state index is 4.55. The summed E-state index contributed by atoms with van der Waals surface area (Å²) in [7, 11) is 0. The first-order valence-corrected chi connectivity index (χ1v) is 8.52. The van der Waals surface area contributed by atoms with Gasteiger partial charge in [-0.15, -0.1) is 12.6 Å². The quantitative estimate of drug-likeness (QED) is 0.280. The molecule has 3 heteroatoms. The Kier molecular flexibility index (Phi) is 4.32. The number of benzene rings is 4. The Hall–Kier alpha value is -2.91. The summed E-state index contributed by atoms with van der Waals surface area (Å²) in [6, 6.07) is 26.7. The first-order chi connectivity index (χ1) is 12.3. The number of fused-ring (bicyclic) bond motifs is 2. The van der Waals surface area contributed by atoms with E-state index < -0.39 is 0 Å². The molecule has 0 fully saturated rings. The van der Waals surface area contributed by atoms with Crippen LogP contribution in [0, 0.1) is 0 Å². The van der Waals surface area contributed by atoms with Gasteiger partial charge in [-0.1, -0.05) is 72.8 Å². The molecule has 0 spiro atoms. The van der Waals surface area contributed by atoms with Crippen LogP contribution in [0.1, 0.15) is 11.1 Å². The third kappa shape index (κ3) is 3.19. The van der Waals surface area contributed by atoms with Crippen molar-refractivity contribution in [3.05, 3.63) is 90.0 Å². The normalized spacial score (nSPS) is 11.9. The second kappa shape index (κ2) is 6.91. The molecule has 0 heterocycles. The molecule has 0 saturated carbocycles. The van der Waals surface area contributed by atoms with Crippen LogP contribution in [0.25, 0.3) is 21.5 Å². The standard InChI is InChI=1S/C22H16N2S/c25-22-13-12-17-7-2-4-11-20(17)21(22)15-24-23-14-18-9-5-8-16-6-1-3-10-19(16)18/h1-15,25H. The van der Waals surface area contributed by atoms with Gasteiger partial charge in [-0.2, -0.15) is 10.2 Å². The molecule has 0 aliphatic heterocycles. The highest BCUT2D eigenvalue weighted by atomic mass is 32.1. The minimum Gasteiger partial charge on any atom is -0.158 e. The third-order valence-electron chi connectivity index (χ3n) is 4.22. The number of nitrogens with zero attached hydrogens (tertiary/aromatic N) is 2. The van der Waals surface area contributed by atoms with Gasteiger partial charge in [0.25, 0.3) is 0 Å². The molecule has 2 nitrogen and oxygen atoms in total. The zero-order valence-electron chi connectivity index (χ0n) is 13.5. The molecule has 0 saturated heterocycles. The highest BCUT2D eigenvalue weighted by Crippen LogP contribution is 2.23. The largest absolute Gasteiger partial charge is 0.158 e. The summed E-state index contributed by atoms with van der Waals surface area (Å²) >= 11 is 4.55. The van der Waals surface area contributed by atoms with Crippen molar-refractivity contribution in [1.29, 1.82) is 0 Å². The summed E-state index contributed by atoms with van der Waals surface area (Å²) in [5, 5.41) is 13.2. The fourth-order valence-corrected chi connectivity index (χ4v) is 3.22. The molecule has 25 heavy (non-hydrogen) atoms. The molecule has 120 valence electrons.